The summed E-state index contributed by atoms with van der Waals surface area (Å²) in [4.78, 5) is 25.3. The Morgan fingerprint density at radius 1 is 1.43 bits per heavy atom. The largest absolute Gasteiger partial charge is 0.369 e. The molecule has 0 bridgehead atoms. The van der Waals surface area contributed by atoms with Crippen molar-refractivity contribution in [3.63, 3.8) is 0 Å². The maximum absolute atomic E-state index is 12.0. The molecule has 1 heterocycles. The number of likely N-dealkylation sites (tertiary alicyclic amines) is 1. The van der Waals surface area contributed by atoms with Crippen LogP contribution >= 0.6 is 0 Å². The average molecular weight is 286 g/mol. The van der Waals surface area contributed by atoms with Gasteiger partial charge in [0.1, 0.15) is 0 Å². The van der Waals surface area contributed by atoms with Gasteiger partial charge in [-0.2, -0.15) is 5.26 Å². The third-order valence-corrected chi connectivity index (χ3v) is 3.81. The second-order valence-corrected chi connectivity index (χ2v) is 5.62. The van der Waals surface area contributed by atoms with Crippen molar-refractivity contribution in [1.29, 1.82) is 5.26 Å². The third-order valence-electron chi connectivity index (χ3n) is 3.81. The molecule has 1 aliphatic heterocycles. The first-order chi connectivity index (χ1) is 9.93. The molecule has 1 saturated heterocycles. The van der Waals surface area contributed by atoms with Gasteiger partial charge in [0.2, 0.25) is 11.8 Å². The van der Waals surface area contributed by atoms with Crippen LogP contribution in [0.1, 0.15) is 18.9 Å². The molecular formula is C15H18N4O2. The Bertz CT molecular complexity index is 591. The summed E-state index contributed by atoms with van der Waals surface area (Å²) in [6.45, 7) is 3.24. The van der Waals surface area contributed by atoms with Gasteiger partial charge in [-0.25, -0.2) is 0 Å². The van der Waals surface area contributed by atoms with Crippen molar-refractivity contribution in [3.8, 4) is 6.07 Å². The van der Waals surface area contributed by atoms with Gasteiger partial charge in [0.25, 0.3) is 0 Å². The van der Waals surface area contributed by atoms with Gasteiger partial charge >= 0.3 is 0 Å². The van der Waals surface area contributed by atoms with Crippen LogP contribution in [0, 0.1) is 16.7 Å². The van der Waals surface area contributed by atoms with E-state index in [-0.39, 0.29) is 18.4 Å². The maximum Gasteiger partial charge on any atom is 0.238 e. The van der Waals surface area contributed by atoms with Crippen molar-refractivity contribution in [2.75, 3.05) is 25.0 Å². The predicted molar refractivity (Wildman–Crippen MR) is 78.1 cm³/mol. The number of anilines is 1. The number of nitrogens with zero attached hydrogens (tertiary/aromatic N) is 2. The number of primary amides is 1. The molecule has 21 heavy (non-hydrogen) atoms. The van der Waals surface area contributed by atoms with E-state index in [9.17, 15) is 9.59 Å². The normalized spacial score (nSPS) is 21.7. The summed E-state index contributed by atoms with van der Waals surface area (Å²) in [5.74, 6) is -0.467. The molecule has 0 saturated carbocycles. The Balaban J connectivity index is 1.88. The molecule has 1 fully saturated rings. The molecule has 6 heteroatoms. The lowest BCUT2D eigenvalue weighted by Crippen LogP contribution is -2.39. The Labute approximate surface area is 123 Å². The lowest BCUT2D eigenvalue weighted by Gasteiger charge is -2.20. The van der Waals surface area contributed by atoms with Crippen molar-refractivity contribution in [2.24, 2.45) is 11.1 Å². The van der Waals surface area contributed by atoms with Gasteiger partial charge in [-0.15, -0.1) is 0 Å². The summed E-state index contributed by atoms with van der Waals surface area (Å²) in [5.41, 5.74) is 6.03. The fourth-order valence-electron chi connectivity index (χ4n) is 2.42. The molecule has 2 rings (SSSR count). The molecule has 3 N–H and O–H groups in total. The Kier molecular flexibility index (Phi) is 4.24. The first kappa shape index (κ1) is 15.0. The number of carbonyl (C=O) groups excluding carboxylic acids is 2. The summed E-state index contributed by atoms with van der Waals surface area (Å²) in [6.07, 6.45) is 0.673. The summed E-state index contributed by atoms with van der Waals surface area (Å²) in [5, 5.41) is 11.5. The molecule has 0 radical (unpaired) electrons. The number of nitriles is 1. The minimum Gasteiger partial charge on any atom is -0.369 e. The van der Waals surface area contributed by atoms with Crippen LogP contribution in [-0.2, 0) is 9.59 Å². The van der Waals surface area contributed by atoms with E-state index in [4.69, 9.17) is 11.0 Å². The Morgan fingerprint density at radius 3 is 2.62 bits per heavy atom. The van der Waals surface area contributed by atoms with Crippen LogP contribution in [0.4, 0.5) is 5.69 Å². The van der Waals surface area contributed by atoms with Crippen molar-refractivity contribution < 1.29 is 9.59 Å². The molecule has 1 aromatic carbocycles. The van der Waals surface area contributed by atoms with Gasteiger partial charge in [0.05, 0.1) is 23.6 Å². The number of hydrogen-bond donors (Lipinski definition) is 2. The van der Waals surface area contributed by atoms with Crippen LogP contribution in [0.5, 0.6) is 0 Å². The number of amides is 2. The summed E-state index contributed by atoms with van der Waals surface area (Å²) in [6, 6.07) is 8.69. The lowest BCUT2D eigenvalue weighted by molar-refractivity contribution is -0.126. The van der Waals surface area contributed by atoms with Crippen LogP contribution in [0.2, 0.25) is 0 Å². The number of benzene rings is 1. The first-order valence-corrected chi connectivity index (χ1v) is 6.75. The van der Waals surface area contributed by atoms with Gasteiger partial charge in [0.15, 0.2) is 0 Å². The SMILES string of the molecule is CC1(C(N)=O)CCN(CC(=O)Nc2ccc(C#N)cc2)C1. The minimum atomic E-state index is -0.547. The predicted octanol–water partition coefficient (Wildman–Crippen LogP) is 0.694. The molecule has 1 aromatic rings. The van der Waals surface area contributed by atoms with E-state index in [0.717, 1.165) is 0 Å². The summed E-state index contributed by atoms with van der Waals surface area (Å²) >= 11 is 0. The molecule has 0 aliphatic carbocycles. The highest BCUT2D eigenvalue weighted by Gasteiger charge is 2.39. The topological polar surface area (TPSA) is 99.2 Å². The number of carbonyl (C=O) groups is 2. The average Bonchev–Trinajstić information content (AvgIpc) is 2.82. The van der Waals surface area contributed by atoms with Gasteiger partial charge < -0.3 is 11.1 Å². The highest BCUT2D eigenvalue weighted by atomic mass is 16.2. The zero-order chi connectivity index (χ0) is 15.5. The number of rotatable bonds is 4. The third kappa shape index (κ3) is 3.58. The van der Waals surface area contributed by atoms with Crippen LogP contribution in [0.25, 0.3) is 0 Å². The lowest BCUT2D eigenvalue weighted by atomic mass is 9.89. The highest BCUT2D eigenvalue weighted by Crippen LogP contribution is 2.29. The molecular weight excluding hydrogens is 268 g/mol. The summed E-state index contributed by atoms with van der Waals surface area (Å²) in [7, 11) is 0. The standard InChI is InChI=1S/C15H18N4O2/c1-15(14(17)21)6-7-19(10-15)9-13(20)18-12-4-2-11(8-16)3-5-12/h2-5H,6-7,9-10H2,1H3,(H2,17,21)(H,18,20). The van der Waals surface area contributed by atoms with Crippen LogP contribution in [0.15, 0.2) is 24.3 Å². The van der Waals surface area contributed by atoms with Gasteiger partial charge in [-0.05, 0) is 44.2 Å². The van der Waals surface area contributed by atoms with E-state index >= 15 is 0 Å². The molecule has 110 valence electrons. The Morgan fingerprint density at radius 2 is 2.10 bits per heavy atom. The van der Waals surface area contributed by atoms with E-state index in [0.29, 0.717) is 30.8 Å². The minimum absolute atomic E-state index is 0.145. The van der Waals surface area contributed by atoms with Gasteiger partial charge in [-0.1, -0.05) is 0 Å². The smallest absolute Gasteiger partial charge is 0.238 e. The van der Waals surface area contributed by atoms with E-state index in [2.05, 4.69) is 5.32 Å². The van der Waals surface area contributed by atoms with E-state index in [1.165, 1.54) is 0 Å². The summed E-state index contributed by atoms with van der Waals surface area (Å²) < 4.78 is 0. The zero-order valence-electron chi connectivity index (χ0n) is 11.9. The second-order valence-electron chi connectivity index (χ2n) is 5.62. The fourth-order valence-corrected chi connectivity index (χ4v) is 2.42. The van der Waals surface area contributed by atoms with E-state index in [1.807, 2.05) is 17.9 Å². The fraction of sp³-hybridized carbons (Fsp3) is 0.400. The van der Waals surface area contributed by atoms with Crippen LogP contribution in [-0.4, -0.2) is 36.3 Å². The number of hydrogen-bond acceptors (Lipinski definition) is 4. The Hall–Kier alpha value is -2.39. The zero-order valence-corrected chi connectivity index (χ0v) is 11.9. The quantitative estimate of drug-likeness (QED) is 0.850. The molecule has 0 spiro atoms. The van der Waals surface area contributed by atoms with Crippen molar-refractivity contribution in [3.05, 3.63) is 29.8 Å². The number of nitrogens with two attached hydrogens (primary N) is 1. The van der Waals surface area contributed by atoms with Crippen LogP contribution in [0.3, 0.4) is 0 Å². The van der Waals surface area contributed by atoms with E-state index < -0.39 is 5.41 Å². The highest BCUT2D eigenvalue weighted by molar-refractivity contribution is 5.92. The molecule has 1 aliphatic rings. The second kappa shape index (κ2) is 5.94. The number of nitrogens with one attached hydrogen (secondary N) is 1. The molecule has 1 unspecified atom stereocenters. The van der Waals surface area contributed by atoms with Crippen molar-refractivity contribution in [1.82, 2.24) is 4.90 Å². The maximum atomic E-state index is 12.0. The van der Waals surface area contributed by atoms with Crippen molar-refractivity contribution in [2.45, 2.75) is 13.3 Å². The van der Waals surface area contributed by atoms with E-state index in [1.54, 1.807) is 24.3 Å². The molecule has 0 aromatic heterocycles. The van der Waals surface area contributed by atoms with Gasteiger partial charge in [0, 0.05) is 12.2 Å². The molecule has 1 atom stereocenters. The van der Waals surface area contributed by atoms with Crippen molar-refractivity contribution >= 4 is 17.5 Å². The van der Waals surface area contributed by atoms with Gasteiger partial charge in [-0.3, -0.25) is 14.5 Å². The first-order valence-electron chi connectivity index (χ1n) is 6.75. The van der Waals surface area contributed by atoms with Crippen LogP contribution < -0.4 is 11.1 Å². The molecule has 2 amide bonds. The monoisotopic (exact) mass is 286 g/mol. The molecule has 6 nitrogen and oxygen atoms in total.